The zero-order valence-corrected chi connectivity index (χ0v) is 12.8. The SMILES string of the molecule is C=C1c2ccccc2C(=O)N1CC(=O)N(C)C(C)(C)C(=O)O. The van der Waals surface area contributed by atoms with Gasteiger partial charge < -0.3 is 10.0 Å². The molecule has 6 heteroatoms. The Kier molecular flexibility index (Phi) is 3.79. The summed E-state index contributed by atoms with van der Waals surface area (Å²) in [4.78, 5) is 38.3. The van der Waals surface area contributed by atoms with Crippen LogP contribution in [-0.4, -0.2) is 51.8 Å². The lowest BCUT2D eigenvalue weighted by Gasteiger charge is -2.32. The molecular weight excluding hydrogens is 284 g/mol. The van der Waals surface area contributed by atoms with Gasteiger partial charge in [0.05, 0.1) is 0 Å². The normalized spacial score (nSPS) is 14.0. The molecule has 0 radical (unpaired) electrons. The van der Waals surface area contributed by atoms with Gasteiger partial charge in [0.15, 0.2) is 0 Å². The first-order chi connectivity index (χ1) is 10.2. The van der Waals surface area contributed by atoms with Crippen molar-refractivity contribution in [3.05, 3.63) is 42.0 Å². The molecule has 6 nitrogen and oxygen atoms in total. The largest absolute Gasteiger partial charge is 0.480 e. The van der Waals surface area contributed by atoms with E-state index >= 15 is 0 Å². The Labute approximate surface area is 128 Å². The smallest absolute Gasteiger partial charge is 0.329 e. The number of hydrogen-bond donors (Lipinski definition) is 1. The van der Waals surface area contributed by atoms with E-state index in [1.165, 1.54) is 25.8 Å². The van der Waals surface area contributed by atoms with Crippen LogP contribution in [0.15, 0.2) is 30.8 Å². The lowest BCUT2D eigenvalue weighted by molar-refractivity contribution is -0.155. The first-order valence-electron chi connectivity index (χ1n) is 6.78. The number of likely N-dealkylation sites (N-methyl/N-ethyl adjacent to an activating group) is 1. The molecule has 1 heterocycles. The molecular formula is C16H18N2O4. The van der Waals surface area contributed by atoms with Gasteiger partial charge in [-0.3, -0.25) is 14.5 Å². The average molecular weight is 302 g/mol. The van der Waals surface area contributed by atoms with Gasteiger partial charge in [-0.2, -0.15) is 0 Å². The van der Waals surface area contributed by atoms with E-state index in [1.807, 2.05) is 0 Å². The summed E-state index contributed by atoms with van der Waals surface area (Å²) in [5.74, 6) is -1.87. The van der Waals surface area contributed by atoms with E-state index in [0.717, 1.165) is 4.90 Å². The number of nitrogens with zero attached hydrogens (tertiary/aromatic N) is 2. The highest BCUT2D eigenvalue weighted by Crippen LogP contribution is 2.31. The first-order valence-corrected chi connectivity index (χ1v) is 6.78. The van der Waals surface area contributed by atoms with E-state index < -0.39 is 17.4 Å². The summed E-state index contributed by atoms with van der Waals surface area (Å²) in [7, 11) is 1.41. The molecule has 0 saturated carbocycles. The predicted octanol–water partition coefficient (Wildman–Crippen LogP) is 1.43. The van der Waals surface area contributed by atoms with Crippen molar-refractivity contribution < 1.29 is 19.5 Å². The van der Waals surface area contributed by atoms with E-state index in [1.54, 1.807) is 24.3 Å². The van der Waals surface area contributed by atoms with E-state index in [2.05, 4.69) is 6.58 Å². The van der Waals surface area contributed by atoms with Crippen molar-refractivity contribution in [2.45, 2.75) is 19.4 Å². The highest BCUT2D eigenvalue weighted by Gasteiger charge is 2.38. The van der Waals surface area contributed by atoms with E-state index in [4.69, 9.17) is 0 Å². The fourth-order valence-corrected chi connectivity index (χ4v) is 2.20. The third-order valence-corrected chi connectivity index (χ3v) is 4.07. The van der Waals surface area contributed by atoms with Crippen LogP contribution >= 0.6 is 0 Å². The minimum atomic E-state index is -1.35. The van der Waals surface area contributed by atoms with Crippen LogP contribution in [0, 0.1) is 0 Å². The summed E-state index contributed by atoms with van der Waals surface area (Å²) < 4.78 is 0. The Hall–Kier alpha value is -2.63. The molecule has 0 aliphatic carbocycles. The second-order valence-electron chi connectivity index (χ2n) is 5.70. The number of hydrogen-bond acceptors (Lipinski definition) is 3. The first kappa shape index (κ1) is 15.8. The van der Waals surface area contributed by atoms with Crippen molar-refractivity contribution in [3.8, 4) is 0 Å². The minimum Gasteiger partial charge on any atom is -0.480 e. The van der Waals surface area contributed by atoms with Gasteiger partial charge in [-0.15, -0.1) is 0 Å². The number of carboxylic acids is 1. The van der Waals surface area contributed by atoms with Crippen LogP contribution in [0.2, 0.25) is 0 Å². The number of rotatable bonds is 4. The van der Waals surface area contributed by atoms with Crippen molar-refractivity contribution in [2.75, 3.05) is 13.6 Å². The summed E-state index contributed by atoms with van der Waals surface area (Å²) >= 11 is 0. The molecule has 0 fully saturated rings. The van der Waals surface area contributed by atoms with Crippen LogP contribution in [0.25, 0.3) is 5.70 Å². The van der Waals surface area contributed by atoms with Gasteiger partial charge in [-0.05, 0) is 19.9 Å². The van der Waals surface area contributed by atoms with Crippen LogP contribution < -0.4 is 0 Å². The molecule has 1 aromatic carbocycles. The van der Waals surface area contributed by atoms with Gasteiger partial charge in [0.2, 0.25) is 5.91 Å². The standard InChI is InChI=1S/C16H18N2O4/c1-10-11-7-5-6-8-12(11)14(20)18(10)9-13(19)17(4)16(2,3)15(21)22/h5-8H,1,9H2,2-4H3,(H,21,22). The molecule has 1 aliphatic heterocycles. The maximum Gasteiger partial charge on any atom is 0.329 e. The molecule has 0 saturated heterocycles. The summed E-state index contributed by atoms with van der Waals surface area (Å²) in [6, 6.07) is 6.99. The molecule has 0 spiro atoms. The fourth-order valence-electron chi connectivity index (χ4n) is 2.20. The van der Waals surface area contributed by atoms with Gasteiger partial charge in [0.1, 0.15) is 12.1 Å². The van der Waals surface area contributed by atoms with Crippen molar-refractivity contribution in [1.82, 2.24) is 9.80 Å². The number of amides is 2. The van der Waals surface area contributed by atoms with E-state index in [-0.39, 0.29) is 12.5 Å². The summed E-state index contributed by atoms with van der Waals surface area (Å²) in [6.45, 7) is 6.48. The zero-order valence-electron chi connectivity index (χ0n) is 12.8. The Morgan fingerprint density at radius 1 is 1.27 bits per heavy atom. The maximum absolute atomic E-state index is 12.3. The van der Waals surface area contributed by atoms with Crippen LogP contribution in [0.5, 0.6) is 0 Å². The molecule has 0 atom stereocenters. The lowest BCUT2D eigenvalue weighted by atomic mass is 10.0. The number of carbonyl (C=O) groups is 3. The molecule has 0 unspecified atom stereocenters. The number of carboxylic acid groups (broad SMARTS) is 1. The zero-order chi connectivity index (χ0) is 16.7. The summed E-state index contributed by atoms with van der Waals surface area (Å²) in [5.41, 5.74) is 0.296. The Bertz CT molecular complexity index is 643. The molecule has 1 N–H and O–H groups in total. The Morgan fingerprint density at radius 3 is 2.32 bits per heavy atom. The number of aliphatic carboxylic acids is 1. The lowest BCUT2D eigenvalue weighted by Crippen LogP contribution is -2.53. The third kappa shape index (κ3) is 2.36. The van der Waals surface area contributed by atoms with Crippen LogP contribution in [0.4, 0.5) is 0 Å². The molecule has 1 aliphatic rings. The maximum atomic E-state index is 12.3. The summed E-state index contributed by atoms with van der Waals surface area (Å²) in [6.07, 6.45) is 0. The quantitative estimate of drug-likeness (QED) is 0.912. The van der Waals surface area contributed by atoms with Crippen molar-refractivity contribution >= 4 is 23.5 Å². The minimum absolute atomic E-state index is 0.237. The molecule has 2 amide bonds. The monoisotopic (exact) mass is 302 g/mol. The highest BCUT2D eigenvalue weighted by atomic mass is 16.4. The second kappa shape index (κ2) is 5.29. The van der Waals surface area contributed by atoms with Gasteiger partial charge in [-0.25, -0.2) is 4.79 Å². The van der Waals surface area contributed by atoms with Gasteiger partial charge in [-0.1, -0.05) is 24.8 Å². The number of carbonyl (C=O) groups excluding carboxylic acids is 2. The van der Waals surface area contributed by atoms with Crippen LogP contribution in [0.3, 0.4) is 0 Å². The van der Waals surface area contributed by atoms with Crippen LogP contribution in [-0.2, 0) is 9.59 Å². The van der Waals surface area contributed by atoms with E-state index in [0.29, 0.717) is 16.8 Å². The second-order valence-corrected chi connectivity index (χ2v) is 5.70. The van der Waals surface area contributed by atoms with Gasteiger partial charge in [0.25, 0.3) is 5.91 Å². The Morgan fingerprint density at radius 2 is 1.82 bits per heavy atom. The highest BCUT2D eigenvalue weighted by molar-refractivity contribution is 6.10. The number of fused-ring (bicyclic) bond motifs is 1. The fraction of sp³-hybridized carbons (Fsp3) is 0.312. The third-order valence-electron chi connectivity index (χ3n) is 4.07. The molecule has 0 bridgehead atoms. The average Bonchev–Trinajstić information content (AvgIpc) is 2.71. The molecule has 1 aromatic rings. The van der Waals surface area contributed by atoms with Crippen molar-refractivity contribution in [2.24, 2.45) is 0 Å². The van der Waals surface area contributed by atoms with Gasteiger partial charge in [0, 0.05) is 23.9 Å². The predicted molar refractivity (Wildman–Crippen MR) is 81.0 cm³/mol. The molecule has 2 rings (SSSR count). The Balaban J connectivity index is 2.19. The number of benzene rings is 1. The van der Waals surface area contributed by atoms with Gasteiger partial charge >= 0.3 is 5.97 Å². The molecule has 116 valence electrons. The van der Waals surface area contributed by atoms with Crippen molar-refractivity contribution in [3.63, 3.8) is 0 Å². The summed E-state index contributed by atoms with van der Waals surface area (Å²) in [5, 5.41) is 9.18. The molecule has 0 aromatic heterocycles. The molecule has 22 heavy (non-hydrogen) atoms. The van der Waals surface area contributed by atoms with E-state index in [9.17, 15) is 19.5 Å². The topological polar surface area (TPSA) is 77.9 Å². The van der Waals surface area contributed by atoms with Crippen LogP contribution in [0.1, 0.15) is 29.8 Å². The van der Waals surface area contributed by atoms with Crippen molar-refractivity contribution in [1.29, 1.82) is 0 Å².